The van der Waals surface area contributed by atoms with E-state index < -0.39 is 0 Å². The minimum atomic E-state index is 0.0442. The molecule has 0 aromatic heterocycles. The summed E-state index contributed by atoms with van der Waals surface area (Å²) in [5, 5.41) is 0. The van der Waals surface area contributed by atoms with Crippen molar-refractivity contribution in [3.05, 3.63) is 234 Å². The number of hydrogen-bond acceptors (Lipinski definition) is 10. The standard InChI is InChI=1S/C15H14S.2C15H16S.C11H17N.2C8H19N.2C8H16S.2C6H15N/c1-15(16-2)13-9-5-3-7-11(13)12-8-4-6-10-14(12)15;2*1-15(16-2,13-9-5-3-6-10-13)14-11-7-4-8-12-14;1-11(2,3)12(4)10-8-6-5-7-9-10;2*1-7(2)9(6)8(3,4)5;2*1-8(9-2)6-4-3-5-7-8;2*1-6(2,3)7(4)5/h3-10H,1-2H3;2*3-12H,1-2H3;5-9H,1-4H3;2*7H,1-6H3;2*3-7H2,1-2H3;2*1-5H3. The molecule has 10 heteroatoms. The summed E-state index contributed by atoms with van der Waals surface area (Å²) in [5.74, 6) is 0. The van der Waals surface area contributed by atoms with E-state index in [0.717, 1.165) is 0 Å². The zero-order chi connectivity index (χ0) is 84.2. The molecule has 2 fully saturated rings. The monoisotopic (exact) mass is 1590 g/mol. The van der Waals surface area contributed by atoms with E-state index in [0.29, 0.717) is 43.7 Å². The molecule has 110 heavy (non-hydrogen) atoms. The van der Waals surface area contributed by atoms with Gasteiger partial charge in [0.2, 0.25) is 0 Å². The Labute approximate surface area is 702 Å². The first kappa shape index (κ1) is 104. The first-order valence-electron chi connectivity index (χ1n) is 40.7. The van der Waals surface area contributed by atoms with Crippen LogP contribution in [0.15, 0.2) is 200 Å². The summed E-state index contributed by atoms with van der Waals surface area (Å²) in [7, 11) is 14.8. The number of thioether (sulfide) groups is 5. The quantitative estimate of drug-likeness (QED) is 0.117. The zero-order valence-corrected chi connectivity index (χ0v) is 81.1. The molecule has 10 rings (SSSR count). The van der Waals surface area contributed by atoms with E-state index in [1.54, 1.807) is 0 Å². The summed E-state index contributed by atoms with van der Waals surface area (Å²) in [4.78, 5) is 11.4. The van der Waals surface area contributed by atoms with E-state index in [1.165, 1.54) is 114 Å². The number of anilines is 1. The van der Waals surface area contributed by atoms with Crippen LogP contribution in [0.2, 0.25) is 0 Å². The normalized spacial score (nSPS) is 14.9. The summed E-state index contributed by atoms with van der Waals surface area (Å²) >= 11 is 9.77. The Morgan fingerprint density at radius 2 is 0.518 bits per heavy atom. The van der Waals surface area contributed by atoms with Crippen molar-refractivity contribution in [3.63, 3.8) is 0 Å². The third kappa shape index (κ3) is 36.0. The number of para-hydroxylation sites is 1. The third-order valence-electron chi connectivity index (χ3n) is 23.0. The highest BCUT2D eigenvalue weighted by atomic mass is 32.2. The van der Waals surface area contributed by atoms with Gasteiger partial charge in [0.15, 0.2) is 0 Å². The van der Waals surface area contributed by atoms with Gasteiger partial charge in [0.25, 0.3) is 0 Å². The molecule has 618 valence electrons. The maximum absolute atomic E-state index is 2.40. The number of hydrogen-bond donors (Lipinski definition) is 0. The maximum Gasteiger partial charge on any atom is 0.0638 e. The molecule has 0 saturated heterocycles. The van der Waals surface area contributed by atoms with Crippen LogP contribution in [0, 0.1) is 0 Å². The van der Waals surface area contributed by atoms with Gasteiger partial charge in [-0.2, -0.15) is 23.5 Å². The summed E-state index contributed by atoms with van der Waals surface area (Å²) in [5.41, 5.74) is 13.9. The Bertz CT molecular complexity index is 3190. The van der Waals surface area contributed by atoms with Crippen molar-refractivity contribution >= 4 is 64.5 Å². The predicted octanol–water partition coefficient (Wildman–Crippen LogP) is 28.9. The molecule has 7 aromatic rings. The molecule has 5 nitrogen and oxygen atoms in total. The molecule has 0 unspecified atom stereocenters. The van der Waals surface area contributed by atoms with Crippen molar-refractivity contribution < 1.29 is 0 Å². The first-order valence-corrected chi connectivity index (χ1v) is 46.9. The first-order chi connectivity index (χ1) is 51.0. The maximum atomic E-state index is 2.40. The van der Waals surface area contributed by atoms with E-state index in [9.17, 15) is 0 Å². The number of rotatable bonds is 12. The van der Waals surface area contributed by atoms with Gasteiger partial charge in [0, 0.05) is 62.0 Å². The topological polar surface area (TPSA) is 16.2 Å². The molecule has 0 spiro atoms. The van der Waals surface area contributed by atoms with Crippen LogP contribution in [-0.2, 0) is 14.2 Å². The van der Waals surface area contributed by atoms with E-state index in [1.807, 2.05) is 64.9 Å². The average Bonchev–Trinajstić information content (AvgIpc) is 1.58. The van der Waals surface area contributed by atoms with Crippen LogP contribution in [0.4, 0.5) is 5.69 Å². The van der Waals surface area contributed by atoms with Gasteiger partial charge in [0.1, 0.15) is 0 Å². The second kappa shape index (κ2) is 49.1. The minimum Gasteiger partial charge on any atom is -0.370 e. The van der Waals surface area contributed by atoms with Crippen LogP contribution in [-0.4, -0.2) is 149 Å². The number of nitrogens with zero attached hydrogens (tertiary/aromatic N) is 5. The summed E-state index contributed by atoms with van der Waals surface area (Å²) < 4.78 is 1.48. The largest absolute Gasteiger partial charge is 0.370 e. The Balaban J connectivity index is 0.000000621. The highest BCUT2D eigenvalue weighted by molar-refractivity contribution is 8.00. The van der Waals surface area contributed by atoms with Crippen LogP contribution in [0.25, 0.3) is 11.1 Å². The number of benzene rings is 7. The molecule has 7 aromatic carbocycles. The van der Waals surface area contributed by atoms with Crippen LogP contribution in [0.3, 0.4) is 0 Å². The summed E-state index contributed by atoms with van der Waals surface area (Å²) in [6.07, 6.45) is 25.5. The molecule has 3 aliphatic rings. The van der Waals surface area contributed by atoms with Crippen molar-refractivity contribution in [2.45, 2.75) is 294 Å². The molecule has 0 N–H and O–H groups in total. The molecular formula is C100H163N5S5. The van der Waals surface area contributed by atoms with Gasteiger partial charge in [-0.05, 0) is 308 Å². The lowest BCUT2D eigenvalue weighted by Gasteiger charge is -2.35. The van der Waals surface area contributed by atoms with Crippen LogP contribution in [0.5, 0.6) is 0 Å². The van der Waals surface area contributed by atoms with Gasteiger partial charge in [0.05, 0.1) is 14.2 Å². The predicted molar refractivity (Wildman–Crippen MR) is 514 cm³/mol. The summed E-state index contributed by atoms with van der Waals surface area (Å²) in [6.45, 7) is 53.7. The highest BCUT2D eigenvalue weighted by Crippen LogP contribution is 2.54. The molecule has 0 aliphatic heterocycles. The zero-order valence-electron chi connectivity index (χ0n) is 77.1. The molecule has 0 bridgehead atoms. The van der Waals surface area contributed by atoms with Gasteiger partial charge >= 0.3 is 0 Å². The van der Waals surface area contributed by atoms with Crippen molar-refractivity contribution in [2.24, 2.45) is 0 Å². The lowest BCUT2D eigenvalue weighted by Crippen LogP contribution is -2.42. The van der Waals surface area contributed by atoms with Crippen LogP contribution >= 0.6 is 58.8 Å². The van der Waals surface area contributed by atoms with Crippen LogP contribution in [0.1, 0.15) is 264 Å². The van der Waals surface area contributed by atoms with Crippen molar-refractivity contribution in [1.29, 1.82) is 0 Å². The SMILES string of the molecule is CC(C)N(C)C(C)(C)C.CC(C)N(C)C(C)(C)C.CN(C)C(C)(C)C.CN(C)C(C)(C)C.CN(c1ccccc1)C(C)(C)C.CSC(C)(c1ccccc1)c1ccccc1.CSC(C)(c1ccccc1)c1ccccc1.CSC1(C)CCCCC1.CSC1(C)CCCCC1.CSC1(C)c2ccccc2-c2ccccc21. The Hall–Kier alpha value is -4.07. The smallest absolute Gasteiger partial charge is 0.0638 e. The fraction of sp³-hybridized carbons (Fsp3) is 0.580. The molecule has 3 aliphatic carbocycles. The second-order valence-electron chi connectivity index (χ2n) is 36.6. The van der Waals surface area contributed by atoms with E-state index in [4.69, 9.17) is 0 Å². The van der Waals surface area contributed by atoms with E-state index >= 15 is 0 Å². The number of fused-ring (bicyclic) bond motifs is 3. The molecule has 0 radical (unpaired) electrons. The van der Waals surface area contributed by atoms with Crippen molar-refractivity contribution in [2.75, 3.05) is 85.5 Å². The highest BCUT2D eigenvalue weighted by Gasteiger charge is 2.38. The average molecular weight is 1600 g/mol. The lowest BCUT2D eigenvalue weighted by molar-refractivity contribution is 0.136. The molecular weight excluding hydrogens is 1430 g/mol. The molecule has 2 saturated carbocycles. The van der Waals surface area contributed by atoms with E-state index in [2.05, 4.69) is 465 Å². The van der Waals surface area contributed by atoms with Gasteiger partial charge < -0.3 is 14.7 Å². The Morgan fingerprint density at radius 3 is 0.691 bits per heavy atom. The molecule has 0 amide bonds. The fourth-order valence-electron chi connectivity index (χ4n) is 12.1. The third-order valence-corrected chi connectivity index (χ3v) is 29.6. The van der Waals surface area contributed by atoms with Crippen LogP contribution < -0.4 is 4.90 Å². The van der Waals surface area contributed by atoms with Gasteiger partial charge in [-0.3, -0.25) is 9.80 Å². The minimum absolute atomic E-state index is 0.0442. The summed E-state index contributed by atoms with van der Waals surface area (Å²) in [6, 6.07) is 71.9. The molecule has 0 heterocycles. The van der Waals surface area contributed by atoms with Gasteiger partial charge in [-0.1, -0.05) is 240 Å². The second-order valence-corrected chi connectivity index (χ2v) is 43.1. The van der Waals surface area contributed by atoms with Gasteiger partial charge in [-0.15, -0.1) is 35.3 Å². The van der Waals surface area contributed by atoms with Gasteiger partial charge in [-0.25, -0.2) is 0 Å². The van der Waals surface area contributed by atoms with E-state index in [-0.39, 0.29) is 19.8 Å². The molecule has 0 atom stereocenters. The Morgan fingerprint density at radius 1 is 0.291 bits per heavy atom. The Kier molecular flexibility index (Phi) is 46.4. The van der Waals surface area contributed by atoms with Crippen molar-refractivity contribution in [3.8, 4) is 11.1 Å². The lowest BCUT2D eigenvalue weighted by atomic mass is 9.90. The fourth-order valence-corrected chi connectivity index (χ4v) is 15.7. The van der Waals surface area contributed by atoms with Crippen molar-refractivity contribution in [1.82, 2.24) is 19.6 Å².